The molecule has 0 fully saturated rings. The second kappa shape index (κ2) is 3.62. The molecule has 0 aromatic carbocycles. The van der Waals surface area contributed by atoms with Gasteiger partial charge in [0.05, 0.1) is 17.3 Å². The van der Waals surface area contributed by atoms with Crippen molar-refractivity contribution in [2.24, 2.45) is 0 Å². The van der Waals surface area contributed by atoms with Crippen LogP contribution in [0.15, 0.2) is 28.9 Å². The van der Waals surface area contributed by atoms with Gasteiger partial charge in [-0.1, -0.05) is 0 Å². The molecule has 5 heteroatoms. The molecule has 0 unspecified atom stereocenters. The quantitative estimate of drug-likeness (QED) is 0.707. The molecule has 0 radical (unpaired) electrons. The number of anilines is 1. The van der Waals surface area contributed by atoms with E-state index in [9.17, 15) is 0 Å². The van der Waals surface area contributed by atoms with Gasteiger partial charge in [-0.25, -0.2) is 9.97 Å². The number of hydrogen-bond donors (Lipinski definition) is 2. The molecule has 0 atom stereocenters. The monoisotopic (exact) mass is 228 g/mol. The highest BCUT2D eigenvalue weighted by molar-refractivity contribution is 5.77. The van der Waals surface area contributed by atoms with Crippen molar-refractivity contribution in [3.8, 4) is 11.4 Å². The third-order valence-electron chi connectivity index (χ3n) is 2.72. The van der Waals surface area contributed by atoms with Crippen molar-refractivity contribution in [3.63, 3.8) is 0 Å². The predicted octanol–water partition coefficient (Wildman–Crippen LogP) is 2.57. The number of aromatic amines is 1. The number of rotatable bonds is 2. The minimum atomic E-state index is 0.701. The summed E-state index contributed by atoms with van der Waals surface area (Å²) in [6, 6.07) is 5.76. The lowest BCUT2D eigenvalue weighted by Gasteiger charge is -1.95. The first-order valence-corrected chi connectivity index (χ1v) is 5.37. The number of furan rings is 1. The molecule has 0 aliphatic carbocycles. The average Bonchev–Trinajstić information content (AvgIpc) is 2.93. The van der Waals surface area contributed by atoms with Gasteiger partial charge in [0.2, 0.25) is 0 Å². The Morgan fingerprint density at radius 2 is 2.12 bits per heavy atom. The van der Waals surface area contributed by atoms with Crippen LogP contribution in [-0.4, -0.2) is 22.0 Å². The molecule has 0 aliphatic rings. The number of aromatic nitrogens is 3. The van der Waals surface area contributed by atoms with Gasteiger partial charge >= 0.3 is 0 Å². The summed E-state index contributed by atoms with van der Waals surface area (Å²) in [5.41, 5.74) is 2.58. The van der Waals surface area contributed by atoms with E-state index < -0.39 is 0 Å². The van der Waals surface area contributed by atoms with Crippen LogP contribution in [0.25, 0.3) is 22.6 Å². The van der Waals surface area contributed by atoms with Crippen LogP contribution >= 0.6 is 0 Å². The number of hydrogen-bond acceptors (Lipinski definition) is 4. The van der Waals surface area contributed by atoms with Gasteiger partial charge < -0.3 is 14.7 Å². The van der Waals surface area contributed by atoms with Crippen LogP contribution in [0.4, 0.5) is 5.82 Å². The molecular formula is C12H12N4O. The molecule has 0 saturated heterocycles. The van der Waals surface area contributed by atoms with Gasteiger partial charge in [0, 0.05) is 7.05 Å². The van der Waals surface area contributed by atoms with E-state index >= 15 is 0 Å². The Labute approximate surface area is 97.9 Å². The predicted molar refractivity (Wildman–Crippen MR) is 65.9 cm³/mol. The normalized spacial score (nSPS) is 10.9. The van der Waals surface area contributed by atoms with Crippen molar-refractivity contribution in [1.29, 1.82) is 0 Å². The molecule has 3 heterocycles. The number of H-pyrrole nitrogens is 1. The van der Waals surface area contributed by atoms with Crippen molar-refractivity contribution >= 4 is 17.0 Å². The molecule has 86 valence electrons. The summed E-state index contributed by atoms with van der Waals surface area (Å²) in [7, 11) is 1.84. The fraction of sp³-hybridized carbons (Fsp3) is 0.167. The summed E-state index contributed by atoms with van der Waals surface area (Å²) in [4.78, 5) is 12.1. The summed E-state index contributed by atoms with van der Waals surface area (Å²) in [5.74, 6) is 2.43. The second-order valence-electron chi connectivity index (χ2n) is 3.79. The van der Waals surface area contributed by atoms with Crippen LogP contribution in [0.1, 0.15) is 5.76 Å². The minimum absolute atomic E-state index is 0.701. The van der Waals surface area contributed by atoms with Gasteiger partial charge in [-0.3, -0.25) is 0 Å². The fourth-order valence-electron chi connectivity index (χ4n) is 1.79. The summed E-state index contributed by atoms with van der Waals surface area (Å²) in [5, 5.41) is 2.99. The van der Waals surface area contributed by atoms with Crippen molar-refractivity contribution in [2.75, 3.05) is 12.4 Å². The van der Waals surface area contributed by atoms with Crippen LogP contribution in [0, 0.1) is 6.92 Å². The highest BCUT2D eigenvalue weighted by atomic mass is 16.3. The zero-order valence-electron chi connectivity index (χ0n) is 9.61. The van der Waals surface area contributed by atoms with Crippen LogP contribution < -0.4 is 5.32 Å². The van der Waals surface area contributed by atoms with Gasteiger partial charge in [-0.2, -0.15) is 0 Å². The Balaban J connectivity index is 2.17. The molecule has 17 heavy (non-hydrogen) atoms. The lowest BCUT2D eigenvalue weighted by molar-refractivity contribution is 0.535. The SMILES string of the molecule is CNc1ccc2[nH]c(-c3ccoc3C)nc2n1. The highest BCUT2D eigenvalue weighted by Crippen LogP contribution is 2.24. The van der Waals surface area contributed by atoms with Crippen LogP contribution in [-0.2, 0) is 0 Å². The molecule has 0 bridgehead atoms. The van der Waals surface area contributed by atoms with Crippen molar-refractivity contribution < 1.29 is 4.42 Å². The van der Waals surface area contributed by atoms with E-state index in [4.69, 9.17) is 4.42 Å². The van der Waals surface area contributed by atoms with Gasteiger partial charge in [0.25, 0.3) is 0 Å². The van der Waals surface area contributed by atoms with E-state index in [0.29, 0.717) is 5.65 Å². The first kappa shape index (κ1) is 9.89. The molecule has 0 saturated carbocycles. The van der Waals surface area contributed by atoms with Gasteiger partial charge in [-0.05, 0) is 25.1 Å². The summed E-state index contributed by atoms with van der Waals surface area (Å²) < 4.78 is 5.27. The highest BCUT2D eigenvalue weighted by Gasteiger charge is 2.10. The van der Waals surface area contributed by atoms with Gasteiger partial charge in [0.1, 0.15) is 17.4 Å². The lowest BCUT2D eigenvalue weighted by Crippen LogP contribution is -1.91. The fourth-order valence-corrected chi connectivity index (χ4v) is 1.79. The molecule has 3 aromatic heterocycles. The number of nitrogens with one attached hydrogen (secondary N) is 2. The third-order valence-corrected chi connectivity index (χ3v) is 2.72. The summed E-state index contributed by atoms with van der Waals surface area (Å²) in [6.45, 7) is 1.91. The Morgan fingerprint density at radius 1 is 1.24 bits per heavy atom. The minimum Gasteiger partial charge on any atom is -0.469 e. The van der Waals surface area contributed by atoms with Crippen molar-refractivity contribution in [2.45, 2.75) is 6.92 Å². The van der Waals surface area contributed by atoms with Crippen LogP contribution in [0.2, 0.25) is 0 Å². The Hall–Kier alpha value is -2.30. The van der Waals surface area contributed by atoms with E-state index in [2.05, 4.69) is 20.3 Å². The molecule has 2 N–H and O–H groups in total. The van der Waals surface area contributed by atoms with Gasteiger partial charge in [-0.15, -0.1) is 0 Å². The first-order valence-electron chi connectivity index (χ1n) is 5.37. The van der Waals surface area contributed by atoms with E-state index in [1.807, 2.05) is 32.2 Å². The largest absolute Gasteiger partial charge is 0.469 e. The number of fused-ring (bicyclic) bond motifs is 1. The van der Waals surface area contributed by atoms with Crippen LogP contribution in [0.3, 0.4) is 0 Å². The topological polar surface area (TPSA) is 66.7 Å². The number of pyridine rings is 1. The van der Waals surface area contributed by atoms with Gasteiger partial charge in [0.15, 0.2) is 5.65 Å². The first-order chi connectivity index (χ1) is 8.28. The third kappa shape index (κ3) is 1.56. The Kier molecular flexibility index (Phi) is 2.11. The standard InChI is InChI=1S/C12H12N4O/c1-7-8(5-6-17-7)11-14-9-3-4-10(13-2)15-12(9)16-11/h3-6H,1-2H3,(H2,13,14,15,16). The maximum absolute atomic E-state index is 5.27. The van der Waals surface area contributed by atoms with E-state index in [1.165, 1.54) is 0 Å². The van der Waals surface area contributed by atoms with Crippen molar-refractivity contribution in [1.82, 2.24) is 15.0 Å². The lowest BCUT2D eigenvalue weighted by atomic mass is 10.2. The zero-order valence-corrected chi connectivity index (χ0v) is 9.61. The van der Waals surface area contributed by atoms with Crippen molar-refractivity contribution in [3.05, 3.63) is 30.2 Å². The number of nitrogens with zero attached hydrogens (tertiary/aromatic N) is 2. The smallest absolute Gasteiger partial charge is 0.180 e. The maximum Gasteiger partial charge on any atom is 0.180 e. The summed E-state index contributed by atoms with van der Waals surface area (Å²) >= 11 is 0. The molecule has 3 rings (SSSR count). The second-order valence-corrected chi connectivity index (χ2v) is 3.79. The number of imidazole rings is 1. The molecular weight excluding hydrogens is 216 g/mol. The Morgan fingerprint density at radius 3 is 2.82 bits per heavy atom. The summed E-state index contributed by atoms with van der Waals surface area (Å²) in [6.07, 6.45) is 1.66. The number of aryl methyl sites for hydroxylation is 1. The zero-order chi connectivity index (χ0) is 11.8. The molecule has 3 aromatic rings. The van der Waals surface area contributed by atoms with E-state index in [0.717, 1.165) is 28.5 Å². The molecule has 5 nitrogen and oxygen atoms in total. The van der Waals surface area contributed by atoms with Crippen LogP contribution in [0.5, 0.6) is 0 Å². The Bertz CT molecular complexity index is 668. The van der Waals surface area contributed by atoms with E-state index in [1.54, 1.807) is 6.26 Å². The maximum atomic E-state index is 5.27. The molecule has 0 amide bonds. The van der Waals surface area contributed by atoms with E-state index in [-0.39, 0.29) is 0 Å². The molecule has 0 aliphatic heterocycles. The average molecular weight is 228 g/mol. The molecule has 0 spiro atoms.